The van der Waals surface area contributed by atoms with Crippen LogP contribution in [0.2, 0.25) is 0 Å². The van der Waals surface area contributed by atoms with Crippen LogP contribution >= 0.6 is 11.3 Å². The lowest BCUT2D eigenvalue weighted by Crippen LogP contribution is -2.46. The van der Waals surface area contributed by atoms with Gasteiger partial charge in [0, 0.05) is 74.9 Å². The van der Waals surface area contributed by atoms with Crippen molar-refractivity contribution in [3.8, 4) is 0 Å². The van der Waals surface area contributed by atoms with Crippen LogP contribution in [0.1, 0.15) is 35.3 Å². The molecule has 28 heavy (non-hydrogen) atoms. The predicted octanol–water partition coefficient (Wildman–Crippen LogP) is 2.43. The number of hydrogen-bond acceptors (Lipinski definition) is 5. The van der Waals surface area contributed by atoms with E-state index in [-0.39, 0.29) is 17.9 Å². The van der Waals surface area contributed by atoms with E-state index in [0.717, 1.165) is 44.6 Å². The standard InChI is InChI=1S/C21H28N4O2S/c1-24(20(26)5-11-23-21(27)17-9-15-28-16-17)19-7-13-25(14-8-19)12-6-18-4-2-3-10-22-18/h2-4,9-10,15-16,19H,5-8,11-14H2,1H3,(H,23,27). The molecule has 1 aliphatic rings. The Hall–Kier alpha value is -2.25. The van der Waals surface area contributed by atoms with Crippen LogP contribution in [-0.4, -0.2) is 65.9 Å². The molecule has 0 unspecified atom stereocenters. The Balaban J connectivity index is 1.34. The molecule has 0 radical (unpaired) electrons. The smallest absolute Gasteiger partial charge is 0.252 e. The van der Waals surface area contributed by atoms with Crippen molar-refractivity contribution < 1.29 is 9.59 Å². The molecule has 0 atom stereocenters. The van der Waals surface area contributed by atoms with Crippen LogP contribution < -0.4 is 5.32 Å². The molecular formula is C21H28N4O2S. The minimum atomic E-state index is -0.113. The highest BCUT2D eigenvalue weighted by Gasteiger charge is 2.25. The average molecular weight is 401 g/mol. The second kappa shape index (κ2) is 10.3. The number of aromatic nitrogens is 1. The summed E-state index contributed by atoms with van der Waals surface area (Å²) < 4.78 is 0. The van der Waals surface area contributed by atoms with Crippen LogP contribution in [0.15, 0.2) is 41.2 Å². The number of nitrogens with one attached hydrogen (secondary N) is 1. The fourth-order valence-corrected chi connectivity index (χ4v) is 4.14. The number of piperidine rings is 1. The normalized spacial score (nSPS) is 15.3. The lowest BCUT2D eigenvalue weighted by Gasteiger charge is -2.36. The number of rotatable bonds is 8. The fraction of sp³-hybridized carbons (Fsp3) is 0.476. The van der Waals surface area contributed by atoms with Gasteiger partial charge >= 0.3 is 0 Å². The number of amides is 2. The molecule has 1 N–H and O–H groups in total. The number of carbonyl (C=O) groups is 2. The summed E-state index contributed by atoms with van der Waals surface area (Å²) in [5, 5.41) is 6.50. The van der Waals surface area contributed by atoms with Crippen LogP contribution in [0.3, 0.4) is 0 Å². The summed E-state index contributed by atoms with van der Waals surface area (Å²) in [7, 11) is 1.89. The molecule has 1 aliphatic heterocycles. The summed E-state index contributed by atoms with van der Waals surface area (Å²) in [5.41, 5.74) is 1.78. The molecular weight excluding hydrogens is 372 g/mol. The Labute approximate surface area is 170 Å². The molecule has 2 aromatic rings. The number of nitrogens with zero attached hydrogens (tertiary/aromatic N) is 3. The first-order chi connectivity index (χ1) is 13.6. The average Bonchev–Trinajstić information content (AvgIpc) is 3.28. The van der Waals surface area contributed by atoms with Crippen molar-refractivity contribution in [1.29, 1.82) is 0 Å². The van der Waals surface area contributed by atoms with Crippen molar-refractivity contribution >= 4 is 23.2 Å². The van der Waals surface area contributed by atoms with Crippen molar-refractivity contribution in [3.63, 3.8) is 0 Å². The Morgan fingerprint density at radius 3 is 2.79 bits per heavy atom. The van der Waals surface area contributed by atoms with E-state index in [4.69, 9.17) is 0 Å². The van der Waals surface area contributed by atoms with Crippen LogP contribution in [0, 0.1) is 0 Å². The molecule has 6 nitrogen and oxygen atoms in total. The largest absolute Gasteiger partial charge is 0.351 e. The number of thiophene rings is 1. The number of pyridine rings is 1. The van der Waals surface area contributed by atoms with Gasteiger partial charge in [0.15, 0.2) is 0 Å². The predicted molar refractivity (Wildman–Crippen MR) is 111 cm³/mol. The number of likely N-dealkylation sites (tertiary alicyclic amines) is 1. The zero-order valence-corrected chi connectivity index (χ0v) is 17.2. The van der Waals surface area contributed by atoms with Gasteiger partial charge in [0.1, 0.15) is 0 Å². The summed E-state index contributed by atoms with van der Waals surface area (Å²) >= 11 is 1.49. The Kier molecular flexibility index (Phi) is 7.56. The third-order valence-electron chi connectivity index (χ3n) is 5.32. The van der Waals surface area contributed by atoms with Crippen molar-refractivity contribution in [1.82, 2.24) is 20.1 Å². The first kappa shape index (κ1) is 20.5. The van der Waals surface area contributed by atoms with Crippen LogP contribution in [0.4, 0.5) is 0 Å². The fourth-order valence-electron chi connectivity index (χ4n) is 3.51. The Morgan fingerprint density at radius 2 is 2.11 bits per heavy atom. The second-order valence-corrected chi connectivity index (χ2v) is 7.95. The maximum Gasteiger partial charge on any atom is 0.252 e. The van der Waals surface area contributed by atoms with Gasteiger partial charge in [-0.1, -0.05) is 6.07 Å². The van der Waals surface area contributed by atoms with E-state index in [9.17, 15) is 9.59 Å². The van der Waals surface area contributed by atoms with Gasteiger partial charge in [0.05, 0.1) is 0 Å². The monoisotopic (exact) mass is 400 g/mol. The zero-order chi connectivity index (χ0) is 19.8. The minimum Gasteiger partial charge on any atom is -0.351 e. The molecule has 1 fully saturated rings. The molecule has 0 aliphatic carbocycles. The molecule has 0 saturated carbocycles. The van der Waals surface area contributed by atoms with E-state index in [1.165, 1.54) is 11.3 Å². The van der Waals surface area contributed by atoms with Gasteiger partial charge in [-0.05, 0) is 36.4 Å². The van der Waals surface area contributed by atoms with E-state index < -0.39 is 0 Å². The SMILES string of the molecule is CN(C(=O)CCNC(=O)c1ccsc1)C1CCN(CCc2ccccn2)CC1. The van der Waals surface area contributed by atoms with Crippen molar-refractivity contribution in [2.45, 2.75) is 31.7 Å². The van der Waals surface area contributed by atoms with Crippen LogP contribution in [-0.2, 0) is 11.2 Å². The van der Waals surface area contributed by atoms with Gasteiger partial charge in [-0.15, -0.1) is 0 Å². The van der Waals surface area contributed by atoms with Crippen molar-refractivity contribution in [2.24, 2.45) is 0 Å². The van der Waals surface area contributed by atoms with Crippen molar-refractivity contribution in [2.75, 3.05) is 33.2 Å². The van der Waals surface area contributed by atoms with Gasteiger partial charge in [-0.2, -0.15) is 11.3 Å². The second-order valence-electron chi connectivity index (χ2n) is 7.17. The summed E-state index contributed by atoms with van der Waals surface area (Å²) in [6.45, 7) is 3.39. The Morgan fingerprint density at radius 1 is 1.29 bits per heavy atom. The van der Waals surface area contributed by atoms with Gasteiger partial charge in [-0.25, -0.2) is 0 Å². The van der Waals surface area contributed by atoms with Gasteiger partial charge in [-0.3, -0.25) is 14.6 Å². The lowest BCUT2D eigenvalue weighted by molar-refractivity contribution is -0.132. The molecule has 0 bridgehead atoms. The lowest BCUT2D eigenvalue weighted by atomic mass is 10.0. The highest BCUT2D eigenvalue weighted by atomic mass is 32.1. The summed E-state index contributed by atoms with van der Waals surface area (Å²) in [4.78, 5) is 33.1. The van der Waals surface area contributed by atoms with E-state index >= 15 is 0 Å². The first-order valence-corrected chi connectivity index (χ1v) is 10.8. The summed E-state index contributed by atoms with van der Waals surface area (Å²) in [6.07, 6.45) is 5.12. The third-order valence-corrected chi connectivity index (χ3v) is 6.00. The summed E-state index contributed by atoms with van der Waals surface area (Å²) in [6, 6.07) is 8.10. The Bertz CT molecular complexity index is 743. The molecule has 3 rings (SSSR count). The summed E-state index contributed by atoms with van der Waals surface area (Å²) in [5.74, 6) is -0.0181. The minimum absolute atomic E-state index is 0.0950. The third kappa shape index (κ3) is 5.87. The number of hydrogen-bond donors (Lipinski definition) is 1. The van der Waals surface area contributed by atoms with Gasteiger partial charge in [0.2, 0.25) is 5.91 Å². The van der Waals surface area contributed by atoms with E-state index in [1.54, 1.807) is 6.07 Å². The zero-order valence-electron chi connectivity index (χ0n) is 16.3. The molecule has 0 spiro atoms. The maximum absolute atomic E-state index is 12.5. The molecule has 1 saturated heterocycles. The van der Waals surface area contributed by atoms with Gasteiger partial charge < -0.3 is 15.1 Å². The van der Waals surface area contributed by atoms with E-state index in [1.807, 2.05) is 41.0 Å². The highest BCUT2D eigenvalue weighted by molar-refractivity contribution is 7.08. The quantitative estimate of drug-likeness (QED) is 0.739. The number of carbonyl (C=O) groups excluding carboxylic acids is 2. The van der Waals surface area contributed by atoms with Crippen LogP contribution in [0.25, 0.3) is 0 Å². The first-order valence-electron chi connectivity index (χ1n) is 9.82. The van der Waals surface area contributed by atoms with Crippen molar-refractivity contribution in [3.05, 3.63) is 52.5 Å². The molecule has 2 amide bonds. The molecule has 2 aromatic heterocycles. The topological polar surface area (TPSA) is 65.5 Å². The van der Waals surface area contributed by atoms with Gasteiger partial charge in [0.25, 0.3) is 5.91 Å². The molecule has 3 heterocycles. The van der Waals surface area contributed by atoms with Crippen LogP contribution in [0.5, 0.6) is 0 Å². The highest BCUT2D eigenvalue weighted by Crippen LogP contribution is 2.16. The van der Waals surface area contributed by atoms with E-state index in [2.05, 4.69) is 21.3 Å². The molecule has 150 valence electrons. The molecule has 0 aromatic carbocycles. The molecule has 7 heteroatoms. The van der Waals surface area contributed by atoms with E-state index in [0.29, 0.717) is 18.5 Å². The maximum atomic E-state index is 12.5.